The Hall–Kier alpha value is -1.42. The van der Waals surface area contributed by atoms with Crippen LogP contribution in [-0.4, -0.2) is 19.0 Å². The van der Waals surface area contributed by atoms with E-state index >= 15 is 0 Å². The first kappa shape index (κ1) is 13.0. The van der Waals surface area contributed by atoms with Crippen LogP contribution in [0.2, 0.25) is 0 Å². The molecular formula is C14H19FN2O. The molecule has 2 rings (SSSR count). The van der Waals surface area contributed by atoms with E-state index in [0.29, 0.717) is 23.6 Å². The number of carbonyl (C=O) groups excluding carboxylic acids is 1. The summed E-state index contributed by atoms with van der Waals surface area (Å²) < 4.78 is 13.1. The highest BCUT2D eigenvalue weighted by atomic mass is 19.1. The minimum absolute atomic E-state index is 0.00732. The lowest BCUT2D eigenvalue weighted by Gasteiger charge is -2.09. The number of halogens is 1. The molecule has 0 aromatic heterocycles. The van der Waals surface area contributed by atoms with E-state index in [9.17, 15) is 9.18 Å². The Morgan fingerprint density at radius 3 is 3.06 bits per heavy atom. The lowest BCUT2D eigenvalue weighted by Crippen LogP contribution is -2.15. The van der Waals surface area contributed by atoms with Crippen molar-refractivity contribution < 1.29 is 9.18 Å². The summed E-state index contributed by atoms with van der Waals surface area (Å²) in [7, 11) is 0. The predicted octanol–water partition coefficient (Wildman–Crippen LogP) is 2.46. The second-order valence-electron chi connectivity index (χ2n) is 4.91. The fourth-order valence-corrected chi connectivity index (χ4v) is 2.24. The van der Waals surface area contributed by atoms with Crippen LogP contribution in [0.25, 0.3) is 0 Å². The van der Waals surface area contributed by atoms with Gasteiger partial charge in [-0.1, -0.05) is 0 Å². The van der Waals surface area contributed by atoms with Gasteiger partial charge in [-0.25, -0.2) is 4.39 Å². The number of benzene rings is 1. The molecule has 1 amide bonds. The molecule has 1 aliphatic rings. The van der Waals surface area contributed by atoms with Gasteiger partial charge in [0.2, 0.25) is 5.91 Å². The number of anilines is 1. The van der Waals surface area contributed by atoms with Gasteiger partial charge >= 0.3 is 0 Å². The summed E-state index contributed by atoms with van der Waals surface area (Å²) in [5, 5.41) is 6.09. The van der Waals surface area contributed by atoms with Crippen molar-refractivity contribution in [3.05, 3.63) is 29.6 Å². The number of carbonyl (C=O) groups is 1. The lowest BCUT2D eigenvalue weighted by atomic mass is 10.0. The molecule has 1 atom stereocenters. The molecular weight excluding hydrogens is 231 g/mol. The molecule has 0 bridgehead atoms. The normalized spacial score (nSPS) is 18.9. The molecule has 1 saturated heterocycles. The van der Waals surface area contributed by atoms with Crippen molar-refractivity contribution in [3.63, 3.8) is 0 Å². The third-order valence-electron chi connectivity index (χ3n) is 3.38. The molecule has 3 nitrogen and oxygen atoms in total. The van der Waals surface area contributed by atoms with E-state index in [1.165, 1.54) is 6.07 Å². The average Bonchev–Trinajstić information content (AvgIpc) is 2.84. The van der Waals surface area contributed by atoms with Crippen LogP contribution in [-0.2, 0) is 4.79 Å². The average molecular weight is 250 g/mol. The van der Waals surface area contributed by atoms with E-state index in [1.54, 1.807) is 19.1 Å². The lowest BCUT2D eigenvalue weighted by molar-refractivity contribution is -0.116. The van der Waals surface area contributed by atoms with Crippen molar-refractivity contribution in [1.82, 2.24) is 5.32 Å². The largest absolute Gasteiger partial charge is 0.326 e. The molecule has 1 unspecified atom stereocenters. The van der Waals surface area contributed by atoms with E-state index in [2.05, 4.69) is 10.6 Å². The quantitative estimate of drug-likeness (QED) is 0.862. The second kappa shape index (κ2) is 5.96. The zero-order valence-corrected chi connectivity index (χ0v) is 10.6. The monoisotopic (exact) mass is 250 g/mol. The van der Waals surface area contributed by atoms with Gasteiger partial charge in [0, 0.05) is 12.1 Å². The van der Waals surface area contributed by atoms with Gasteiger partial charge in [0.25, 0.3) is 0 Å². The Labute approximate surface area is 107 Å². The first-order valence-corrected chi connectivity index (χ1v) is 6.42. The molecule has 1 aromatic carbocycles. The maximum atomic E-state index is 13.1. The zero-order valence-electron chi connectivity index (χ0n) is 10.6. The summed E-state index contributed by atoms with van der Waals surface area (Å²) in [5.74, 6) is 0.378. The van der Waals surface area contributed by atoms with Crippen LogP contribution in [0.4, 0.5) is 10.1 Å². The molecule has 98 valence electrons. The van der Waals surface area contributed by atoms with Gasteiger partial charge in [-0.15, -0.1) is 0 Å². The Kier molecular flexibility index (Phi) is 4.31. The molecule has 1 aromatic rings. The van der Waals surface area contributed by atoms with Crippen molar-refractivity contribution >= 4 is 11.6 Å². The Bertz CT molecular complexity index is 428. The number of hydrogen-bond donors (Lipinski definition) is 2. The highest BCUT2D eigenvalue weighted by Crippen LogP contribution is 2.17. The van der Waals surface area contributed by atoms with Gasteiger partial charge < -0.3 is 10.6 Å². The van der Waals surface area contributed by atoms with E-state index in [-0.39, 0.29) is 11.7 Å². The first-order chi connectivity index (χ1) is 8.65. The van der Waals surface area contributed by atoms with Gasteiger partial charge in [-0.05, 0) is 62.5 Å². The Balaban J connectivity index is 1.80. The van der Waals surface area contributed by atoms with Gasteiger partial charge in [0.1, 0.15) is 5.82 Å². The van der Waals surface area contributed by atoms with Crippen molar-refractivity contribution in [2.75, 3.05) is 18.4 Å². The zero-order chi connectivity index (χ0) is 13.0. The summed E-state index contributed by atoms with van der Waals surface area (Å²) in [6.45, 7) is 3.77. The molecule has 1 heterocycles. The second-order valence-corrected chi connectivity index (χ2v) is 4.91. The molecule has 4 heteroatoms. The number of hydrogen-bond acceptors (Lipinski definition) is 2. The fraction of sp³-hybridized carbons (Fsp3) is 0.500. The number of nitrogens with one attached hydrogen (secondary N) is 2. The number of rotatable bonds is 4. The third kappa shape index (κ3) is 3.53. The van der Waals surface area contributed by atoms with Crippen LogP contribution < -0.4 is 10.6 Å². The molecule has 1 aliphatic heterocycles. The summed E-state index contributed by atoms with van der Waals surface area (Å²) in [4.78, 5) is 11.7. The maximum absolute atomic E-state index is 13.1. The molecule has 2 N–H and O–H groups in total. The molecule has 0 saturated carbocycles. The number of aryl methyl sites for hydroxylation is 1. The van der Waals surface area contributed by atoms with E-state index in [0.717, 1.165) is 25.9 Å². The highest BCUT2D eigenvalue weighted by molar-refractivity contribution is 5.90. The fourth-order valence-electron chi connectivity index (χ4n) is 2.24. The summed E-state index contributed by atoms with van der Waals surface area (Å²) >= 11 is 0. The summed E-state index contributed by atoms with van der Waals surface area (Å²) in [6.07, 6.45) is 2.60. The SMILES string of the molecule is Cc1cc(NC(=O)CCC2CCNC2)ccc1F. The first-order valence-electron chi connectivity index (χ1n) is 6.42. The summed E-state index contributed by atoms with van der Waals surface area (Å²) in [6, 6.07) is 4.63. The summed E-state index contributed by atoms with van der Waals surface area (Å²) in [5.41, 5.74) is 1.22. The van der Waals surface area contributed by atoms with Crippen molar-refractivity contribution in [1.29, 1.82) is 0 Å². The van der Waals surface area contributed by atoms with E-state index in [1.807, 2.05) is 0 Å². The van der Waals surface area contributed by atoms with Gasteiger partial charge in [-0.2, -0.15) is 0 Å². The van der Waals surface area contributed by atoms with Crippen molar-refractivity contribution in [2.24, 2.45) is 5.92 Å². The molecule has 18 heavy (non-hydrogen) atoms. The minimum atomic E-state index is -0.245. The molecule has 1 fully saturated rings. The van der Waals surface area contributed by atoms with Gasteiger partial charge in [-0.3, -0.25) is 4.79 Å². The smallest absolute Gasteiger partial charge is 0.224 e. The van der Waals surface area contributed by atoms with Crippen LogP contribution in [0.3, 0.4) is 0 Å². The minimum Gasteiger partial charge on any atom is -0.326 e. The highest BCUT2D eigenvalue weighted by Gasteiger charge is 2.15. The molecule has 0 aliphatic carbocycles. The van der Waals surface area contributed by atoms with Crippen LogP contribution in [0.15, 0.2) is 18.2 Å². The number of amides is 1. The molecule has 0 spiro atoms. The maximum Gasteiger partial charge on any atom is 0.224 e. The van der Waals surface area contributed by atoms with Gasteiger partial charge in [0.15, 0.2) is 0 Å². The topological polar surface area (TPSA) is 41.1 Å². The van der Waals surface area contributed by atoms with E-state index in [4.69, 9.17) is 0 Å². The van der Waals surface area contributed by atoms with Crippen LogP contribution >= 0.6 is 0 Å². The predicted molar refractivity (Wildman–Crippen MR) is 70.0 cm³/mol. The van der Waals surface area contributed by atoms with Crippen LogP contribution in [0.1, 0.15) is 24.8 Å². The van der Waals surface area contributed by atoms with Crippen LogP contribution in [0, 0.1) is 18.7 Å². The van der Waals surface area contributed by atoms with Gasteiger partial charge in [0.05, 0.1) is 0 Å². The third-order valence-corrected chi connectivity index (χ3v) is 3.38. The standard InChI is InChI=1S/C14H19FN2O/c1-10-8-12(3-4-13(10)15)17-14(18)5-2-11-6-7-16-9-11/h3-4,8,11,16H,2,5-7,9H2,1H3,(H,17,18). The van der Waals surface area contributed by atoms with Crippen molar-refractivity contribution in [2.45, 2.75) is 26.2 Å². The van der Waals surface area contributed by atoms with Crippen LogP contribution in [0.5, 0.6) is 0 Å². The Morgan fingerprint density at radius 2 is 2.39 bits per heavy atom. The molecule has 0 radical (unpaired) electrons. The van der Waals surface area contributed by atoms with E-state index < -0.39 is 0 Å². The Morgan fingerprint density at radius 1 is 1.56 bits per heavy atom. The van der Waals surface area contributed by atoms with Crippen molar-refractivity contribution in [3.8, 4) is 0 Å².